The quantitative estimate of drug-likeness (QED) is 0.0274. The van der Waals surface area contributed by atoms with Crippen molar-refractivity contribution in [1.29, 1.82) is 0 Å². The molecule has 3 aromatic heterocycles. The van der Waals surface area contributed by atoms with Gasteiger partial charge in [0.1, 0.15) is 71.6 Å². The molecule has 0 fully saturated rings. The van der Waals surface area contributed by atoms with E-state index in [2.05, 4.69) is 29.1 Å². The molecule has 4 bridgehead atoms. The van der Waals surface area contributed by atoms with Gasteiger partial charge < -0.3 is 44.9 Å². The van der Waals surface area contributed by atoms with Crippen molar-refractivity contribution in [3.8, 4) is 17.2 Å². The van der Waals surface area contributed by atoms with Gasteiger partial charge >= 0.3 is 0 Å². The van der Waals surface area contributed by atoms with E-state index in [1.807, 2.05) is 96.6 Å². The second-order valence-electron chi connectivity index (χ2n) is 26.3. The Morgan fingerprint density at radius 1 is 0.467 bits per heavy atom. The molecule has 107 heavy (non-hydrogen) atoms. The van der Waals surface area contributed by atoms with Crippen molar-refractivity contribution in [1.82, 2.24) is 44.7 Å². The number of rotatable bonds is 25. The molecule has 5 aliphatic heterocycles. The summed E-state index contributed by atoms with van der Waals surface area (Å²) in [4.78, 5) is 125. The number of unbranched alkanes of at least 4 members (excludes halogenated alkanes) is 3. The number of nitrogens with one attached hydrogen (secondary N) is 3. The van der Waals surface area contributed by atoms with Crippen LogP contribution in [0, 0.1) is 34.9 Å². The molecule has 0 radical (unpaired) electrons. The van der Waals surface area contributed by atoms with E-state index in [0.29, 0.717) is 25.3 Å². The molecule has 3 N–H and O–H groups in total. The van der Waals surface area contributed by atoms with Crippen LogP contribution in [0.5, 0.6) is 17.2 Å². The van der Waals surface area contributed by atoms with Crippen molar-refractivity contribution in [2.24, 2.45) is 0 Å². The van der Waals surface area contributed by atoms with Crippen molar-refractivity contribution in [3.05, 3.63) is 239 Å². The van der Waals surface area contributed by atoms with Crippen LogP contribution in [-0.2, 0) is 19.6 Å². The summed E-state index contributed by atoms with van der Waals surface area (Å²) >= 11 is 0. The summed E-state index contributed by atoms with van der Waals surface area (Å²) in [6.07, 6.45) is 19.4. The van der Waals surface area contributed by atoms with Crippen molar-refractivity contribution in [2.45, 2.75) is 157 Å². The number of carbonyl (C=O) groups is 6. The molecule has 8 heterocycles. The van der Waals surface area contributed by atoms with Crippen LogP contribution >= 0.6 is 0 Å². The first-order chi connectivity index (χ1) is 51.1. The van der Waals surface area contributed by atoms with Crippen LogP contribution < -0.4 is 61.5 Å². The van der Waals surface area contributed by atoms with E-state index in [-0.39, 0.29) is 175 Å². The zero-order chi connectivity index (χ0) is 77.8. The van der Waals surface area contributed by atoms with Gasteiger partial charge in [0.05, 0.1) is 37.9 Å². The lowest BCUT2D eigenvalue weighted by atomic mass is 10.1. The Morgan fingerprint density at radius 2 is 0.785 bits per heavy atom. The smallest absolute Gasteiger partial charge is 0.278 e. The van der Waals surface area contributed by atoms with E-state index in [4.69, 9.17) is 14.2 Å². The fraction of sp³-hybridized carbons (Fsp3) is 0.390. The Morgan fingerprint density at radius 3 is 1.10 bits per heavy atom. The molecule has 570 valence electrons. The van der Waals surface area contributed by atoms with Gasteiger partial charge in [0, 0.05) is 91.2 Å². The fourth-order valence-corrected chi connectivity index (χ4v) is 12.1. The lowest BCUT2D eigenvalue weighted by molar-refractivity contribution is 0.0637. The van der Waals surface area contributed by atoms with E-state index >= 15 is 0 Å². The maximum atomic E-state index is 14.1. The predicted octanol–water partition coefficient (Wildman–Crippen LogP) is 9.60. The highest BCUT2D eigenvalue weighted by molar-refractivity contribution is 6.02. The summed E-state index contributed by atoms with van der Waals surface area (Å²) in [6.45, 7) is 25.4. The molecule has 11 rings (SSSR count). The van der Waals surface area contributed by atoms with Crippen LogP contribution in [-0.4, -0.2) is 140 Å². The van der Waals surface area contributed by atoms with Crippen LogP contribution in [0.4, 0.5) is 26.3 Å². The second-order valence-corrected chi connectivity index (χ2v) is 26.3. The molecule has 24 nitrogen and oxygen atoms in total. The van der Waals surface area contributed by atoms with Crippen LogP contribution in [0.15, 0.2) is 137 Å². The third kappa shape index (κ3) is 17.5. The molecule has 5 aliphatic rings. The van der Waals surface area contributed by atoms with Crippen molar-refractivity contribution in [2.75, 3.05) is 54.9 Å². The zero-order valence-corrected chi connectivity index (χ0v) is 61.1. The number of ether oxygens (including phenoxy) is 3. The summed E-state index contributed by atoms with van der Waals surface area (Å²) in [5.41, 5.74) is -2.61. The first-order valence-corrected chi connectivity index (χ1v) is 35.4. The monoisotopic (exact) mass is 1490 g/mol. The number of fused-ring (bicyclic) bond motifs is 9. The highest BCUT2D eigenvalue weighted by atomic mass is 19.2. The number of benzene rings is 3. The molecule has 0 spiro atoms. The number of hydrogen-bond donors (Lipinski definition) is 3. The van der Waals surface area contributed by atoms with E-state index in [9.17, 15) is 69.5 Å². The molecule has 0 saturated heterocycles. The average molecular weight is 1490 g/mol. The number of halogens is 6. The number of hydrogen-bond acceptors (Lipinski definition) is 15. The molecule has 6 atom stereocenters. The molecule has 0 aliphatic carbocycles. The minimum Gasteiger partial charge on any atom is -0.487 e. The van der Waals surface area contributed by atoms with Gasteiger partial charge in [0.2, 0.25) is 16.3 Å². The third-order valence-corrected chi connectivity index (χ3v) is 18.8. The molecule has 0 saturated carbocycles. The first-order valence-electron chi connectivity index (χ1n) is 35.4. The summed E-state index contributed by atoms with van der Waals surface area (Å²) < 4.78 is 104. The number of carbonyl (C=O) groups excluding carboxylic acids is 6. The SMILES string of the molecule is C=CC(C)N1CN([C@@H](C)C=C)C(=O)c2c(OCCCC)c(=O)c(C(=O)NCc3ccc(F)cc3F)cn21.CCCCOc1c2n(cc(C(=O)NCc3ccc(F)cc3F)c1=O)N1CN(C2=O)[C@@H](C)C=C[C@@H]1C.CCCCOc1c2n(cc(C(=O)NCc3ccc(F)cc3F)c1=O)N1CN(C2=O)[C@@H](C)C=C[C@H]1C. The Hall–Kier alpha value is -11.3. The van der Waals surface area contributed by atoms with E-state index in [1.165, 1.54) is 50.8 Å². The van der Waals surface area contributed by atoms with Gasteiger partial charge in [0.25, 0.3) is 35.4 Å². The molecule has 30 heteroatoms. The summed E-state index contributed by atoms with van der Waals surface area (Å²) in [7, 11) is 0. The average Bonchev–Trinajstić information content (AvgIpc) is 1.73. The maximum Gasteiger partial charge on any atom is 0.278 e. The lowest BCUT2D eigenvalue weighted by Gasteiger charge is -2.44. The standard InChI is InChI=1S/C27H32F2N4O4.2C25H28F2N4O4/c1-6-9-12-37-25-23-27(36)31(17(4)7-2)16-33(18(5)8-3)32(23)15-21(24(25)34)26(35)30-14-19-10-11-20(28)13-22(19)29;2*1-4-5-10-35-23-21-25(34)29-14-31(16(3)7-6-15(29)2)30(21)13-19(22(23)32)24(33)28-12-17-8-9-18(26)11-20(17)27/h7-8,10-11,13,15,17-18H,2-3,6,9,12,14,16H2,1,4-5H3,(H,30,35);2*6-9,11,13,15-16H,4-5,10,12,14H2,1-3H3,(H,28,33)/t17-,18?;15-,16+;15-,16-/m000/s1. The number of nitrogens with zero attached hydrogens (tertiary/aromatic N) is 9. The number of pyridine rings is 3. The summed E-state index contributed by atoms with van der Waals surface area (Å²) in [5.74, 6) is -8.69. The molecular weight excluding hydrogens is 1400 g/mol. The zero-order valence-electron chi connectivity index (χ0n) is 61.1. The summed E-state index contributed by atoms with van der Waals surface area (Å²) in [6, 6.07) is 7.81. The van der Waals surface area contributed by atoms with E-state index in [0.717, 1.165) is 49.6 Å². The maximum absolute atomic E-state index is 14.1. The van der Waals surface area contributed by atoms with Gasteiger partial charge in [-0.2, -0.15) is 0 Å². The molecule has 6 amide bonds. The van der Waals surface area contributed by atoms with Gasteiger partial charge in [-0.25, -0.2) is 26.3 Å². The molecule has 3 aromatic carbocycles. The Labute approximate surface area is 614 Å². The first kappa shape index (κ1) is 79.8. The summed E-state index contributed by atoms with van der Waals surface area (Å²) in [5, 5.41) is 13.0. The van der Waals surface area contributed by atoms with Gasteiger partial charge in [-0.3, -0.25) is 72.2 Å². The van der Waals surface area contributed by atoms with Crippen LogP contribution in [0.2, 0.25) is 0 Å². The topological polar surface area (TPSA) is 252 Å². The van der Waals surface area contributed by atoms with Crippen LogP contribution in [0.25, 0.3) is 0 Å². The molecule has 6 aromatic rings. The number of aromatic nitrogens is 3. The fourth-order valence-electron chi connectivity index (χ4n) is 12.1. The van der Waals surface area contributed by atoms with Crippen LogP contribution in [0.3, 0.4) is 0 Å². The Balaban J connectivity index is 0.000000185. The Kier molecular flexibility index (Phi) is 26.2. The van der Waals surface area contributed by atoms with E-state index in [1.54, 1.807) is 31.9 Å². The van der Waals surface area contributed by atoms with Gasteiger partial charge in [-0.05, 0) is 79.0 Å². The highest BCUT2D eigenvalue weighted by Crippen LogP contribution is 2.31. The lowest BCUT2D eigenvalue weighted by Crippen LogP contribution is -2.59. The van der Waals surface area contributed by atoms with Crippen molar-refractivity contribution >= 4 is 35.4 Å². The van der Waals surface area contributed by atoms with E-state index < -0.39 is 74.8 Å². The van der Waals surface area contributed by atoms with Crippen LogP contribution in [0.1, 0.15) is 180 Å². The minimum absolute atomic E-state index is 0.00381. The largest absolute Gasteiger partial charge is 0.487 e. The second kappa shape index (κ2) is 35.2. The van der Waals surface area contributed by atoms with Gasteiger partial charge in [-0.1, -0.05) is 94.7 Å². The highest BCUT2D eigenvalue weighted by Gasteiger charge is 2.42. The van der Waals surface area contributed by atoms with Gasteiger partial charge in [0.15, 0.2) is 34.3 Å². The molecule has 1 unspecified atom stereocenters. The van der Waals surface area contributed by atoms with Crippen molar-refractivity contribution < 1.29 is 69.3 Å². The minimum atomic E-state index is -0.820. The predicted molar refractivity (Wildman–Crippen MR) is 389 cm³/mol. The number of amides is 6. The third-order valence-electron chi connectivity index (χ3n) is 18.8. The normalized spacial score (nSPS) is 17.4. The van der Waals surface area contributed by atoms with Gasteiger partial charge in [-0.15, -0.1) is 13.2 Å². The van der Waals surface area contributed by atoms with Crippen molar-refractivity contribution in [3.63, 3.8) is 0 Å². The molecular formula is C77H88F6N12O12. The Bertz CT molecular complexity index is 4470.